The van der Waals surface area contributed by atoms with Gasteiger partial charge in [-0.2, -0.15) is 0 Å². The number of aryl methyl sites for hydroxylation is 1. The zero-order valence-electron chi connectivity index (χ0n) is 20.0. The fourth-order valence-corrected chi connectivity index (χ4v) is 4.98. The van der Waals surface area contributed by atoms with Crippen LogP contribution in [-0.2, 0) is 4.74 Å². The molecule has 6 nitrogen and oxygen atoms in total. The lowest BCUT2D eigenvalue weighted by molar-refractivity contribution is -0.176. The maximum atomic E-state index is 13.2. The smallest absolute Gasteiger partial charge is 0.253 e. The second-order valence-corrected chi connectivity index (χ2v) is 9.60. The summed E-state index contributed by atoms with van der Waals surface area (Å²) in [6.45, 7) is 9.65. The first-order chi connectivity index (χ1) is 15.9. The Morgan fingerprint density at radius 3 is 2.55 bits per heavy atom. The molecule has 0 bridgehead atoms. The molecule has 2 aromatic carbocycles. The standard InChI is InChI=1S/C27H36N2O4/c1-20(2)32-24-10-9-23(17-21(24)3)26(31)29-13-11-27(12-14-29)19-28(15-16-30)18-25(33-27)22-7-5-4-6-8-22/h4-10,17,20,25,30H,11-16,18-19H2,1-3H3. The summed E-state index contributed by atoms with van der Waals surface area (Å²) in [7, 11) is 0. The molecule has 2 heterocycles. The third kappa shape index (κ3) is 5.57. The Balaban J connectivity index is 1.44. The first-order valence-corrected chi connectivity index (χ1v) is 12.0. The van der Waals surface area contributed by atoms with E-state index in [9.17, 15) is 9.90 Å². The van der Waals surface area contributed by atoms with E-state index in [1.807, 2.05) is 62.1 Å². The Labute approximate surface area is 197 Å². The third-order valence-electron chi connectivity index (χ3n) is 6.66. The Morgan fingerprint density at radius 1 is 1.18 bits per heavy atom. The summed E-state index contributed by atoms with van der Waals surface area (Å²) in [5.74, 6) is 0.886. The minimum atomic E-state index is -0.296. The summed E-state index contributed by atoms with van der Waals surface area (Å²) in [4.78, 5) is 17.5. The monoisotopic (exact) mass is 452 g/mol. The van der Waals surface area contributed by atoms with Crippen molar-refractivity contribution in [1.29, 1.82) is 0 Å². The number of hydrogen-bond acceptors (Lipinski definition) is 5. The topological polar surface area (TPSA) is 62.2 Å². The Hall–Kier alpha value is -2.41. The van der Waals surface area contributed by atoms with Crippen molar-refractivity contribution < 1.29 is 19.4 Å². The highest BCUT2D eigenvalue weighted by Crippen LogP contribution is 2.38. The lowest BCUT2D eigenvalue weighted by Gasteiger charge is -2.50. The van der Waals surface area contributed by atoms with Crippen molar-refractivity contribution in [3.63, 3.8) is 0 Å². The van der Waals surface area contributed by atoms with Gasteiger partial charge in [0, 0.05) is 38.3 Å². The van der Waals surface area contributed by atoms with Crippen LogP contribution in [0.4, 0.5) is 0 Å². The molecular weight excluding hydrogens is 416 g/mol. The lowest BCUT2D eigenvalue weighted by atomic mass is 9.87. The summed E-state index contributed by atoms with van der Waals surface area (Å²) < 4.78 is 12.5. The molecule has 1 amide bonds. The van der Waals surface area contributed by atoms with Gasteiger partial charge in [0.1, 0.15) is 5.75 Å². The first kappa shape index (κ1) is 23.7. The van der Waals surface area contributed by atoms with Crippen molar-refractivity contribution in [3.8, 4) is 5.75 Å². The molecule has 2 saturated heterocycles. The number of aliphatic hydroxyl groups excluding tert-OH is 1. The maximum absolute atomic E-state index is 13.2. The van der Waals surface area contributed by atoms with Crippen LogP contribution in [0.15, 0.2) is 48.5 Å². The summed E-state index contributed by atoms with van der Waals surface area (Å²) in [6, 6.07) is 16.0. The molecule has 2 fully saturated rings. The molecule has 1 atom stereocenters. The van der Waals surface area contributed by atoms with Gasteiger partial charge in [0.25, 0.3) is 5.91 Å². The number of β-amino-alcohol motifs (C(OH)–C–C–N with tert-alkyl or cyclic N) is 1. The molecular formula is C27H36N2O4. The van der Waals surface area contributed by atoms with E-state index in [-0.39, 0.29) is 30.3 Å². The SMILES string of the molecule is Cc1cc(C(=O)N2CCC3(CC2)CN(CCO)CC(c2ccccc2)O3)ccc1OC(C)C. The number of ether oxygens (including phenoxy) is 2. The average Bonchev–Trinajstić information content (AvgIpc) is 2.81. The van der Waals surface area contributed by atoms with E-state index in [1.165, 1.54) is 0 Å². The van der Waals surface area contributed by atoms with Gasteiger partial charge >= 0.3 is 0 Å². The quantitative estimate of drug-likeness (QED) is 0.722. The highest BCUT2D eigenvalue weighted by atomic mass is 16.5. The lowest BCUT2D eigenvalue weighted by Crippen LogP contribution is -2.58. The fraction of sp³-hybridized carbons (Fsp3) is 0.519. The molecule has 2 aliphatic heterocycles. The molecule has 1 unspecified atom stereocenters. The molecule has 6 heteroatoms. The van der Waals surface area contributed by atoms with Crippen LogP contribution in [0.1, 0.15) is 54.3 Å². The van der Waals surface area contributed by atoms with Gasteiger partial charge < -0.3 is 19.5 Å². The van der Waals surface area contributed by atoms with E-state index in [1.54, 1.807) is 0 Å². The average molecular weight is 453 g/mol. The maximum Gasteiger partial charge on any atom is 0.253 e. The molecule has 2 aromatic rings. The van der Waals surface area contributed by atoms with Crippen molar-refractivity contribution in [1.82, 2.24) is 9.80 Å². The molecule has 33 heavy (non-hydrogen) atoms. The van der Waals surface area contributed by atoms with Crippen LogP contribution in [0.2, 0.25) is 0 Å². The Morgan fingerprint density at radius 2 is 1.91 bits per heavy atom. The first-order valence-electron chi connectivity index (χ1n) is 12.0. The highest BCUT2D eigenvalue weighted by molar-refractivity contribution is 5.94. The van der Waals surface area contributed by atoms with Crippen LogP contribution in [-0.4, -0.2) is 71.8 Å². The summed E-state index contributed by atoms with van der Waals surface area (Å²) in [6.07, 6.45) is 1.66. The minimum Gasteiger partial charge on any atom is -0.491 e. The molecule has 4 rings (SSSR count). The van der Waals surface area contributed by atoms with Crippen LogP contribution in [0.25, 0.3) is 0 Å². The molecule has 0 aliphatic carbocycles. The number of aliphatic hydroxyl groups is 1. The molecule has 0 aromatic heterocycles. The molecule has 0 saturated carbocycles. The van der Waals surface area contributed by atoms with Crippen molar-refractivity contribution in [2.75, 3.05) is 39.3 Å². The van der Waals surface area contributed by atoms with Gasteiger partial charge in [-0.25, -0.2) is 0 Å². The molecule has 2 aliphatic rings. The van der Waals surface area contributed by atoms with Crippen molar-refractivity contribution >= 4 is 5.91 Å². The summed E-state index contributed by atoms with van der Waals surface area (Å²) in [5, 5.41) is 9.55. The number of benzene rings is 2. The number of piperidine rings is 1. The number of carbonyl (C=O) groups excluding carboxylic acids is 1. The van der Waals surface area contributed by atoms with Crippen LogP contribution in [0.5, 0.6) is 5.75 Å². The second-order valence-electron chi connectivity index (χ2n) is 9.60. The predicted octanol–water partition coefficient (Wildman–Crippen LogP) is 3.82. The number of carbonyl (C=O) groups is 1. The predicted molar refractivity (Wildman–Crippen MR) is 129 cm³/mol. The van der Waals surface area contributed by atoms with Gasteiger partial charge in [0.15, 0.2) is 0 Å². The number of rotatable bonds is 6. The normalized spacial score (nSPS) is 20.9. The van der Waals surface area contributed by atoms with Gasteiger partial charge in [-0.15, -0.1) is 0 Å². The van der Waals surface area contributed by atoms with Crippen LogP contribution >= 0.6 is 0 Å². The van der Waals surface area contributed by atoms with E-state index < -0.39 is 0 Å². The zero-order valence-corrected chi connectivity index (χ0v) is 20.0. The molecule has 1 N–H and O–H groups in total. The van der Waals surface area contributed by atoms with E-state index >= 15 is 0 Å². The van der Waals surface area contributed by atoms with E-state index in [2.05, 4.69) is 17.0 Å². The van der Waals surface area contributed by atoms with Gasteiger partial charge in [-0.05, 0) is 62.9 Å². The number of amides is 1. The van der Waals surface area contributed by atoms with Crippen molar-refractivity contribution in [2.45, 2.75) is 51.4 Å². The summed E-state index contributed by atoms with van der Waals surface area (Å²) >= 11 is 0. The summed E-state index contributed by atoms with van der Waals surface area (Å²) in [5.41, 5.74) is 2.55. The third-order valence-corrected chi connectivity index (χ3v) is 6.66. The van der Waals surface area contributed by atoms with Gasteiger partial charge in [-0.1, -0.05) is 30.3 Å². The van der Waals surface area contributed by atoms with Crippen LogP contribution in [0.3, 0.4) is 0 Å². The van der Waals surface area contributed by atoms with Gasteiger partial charge in [0.05, 0.1) is 24.4 Å². The van der Waals surface area contributed by atoms with Crippen LogP contribution < -0.4 is 4.74 Å². The van der Waals surface area contributed by atoms with E-state index in [0.717, 1.165) is 42.8 Å². The number of nitrogens with zero attached hydrogens (tertiary/aromatic N) is 2. The van der Waals surface area contributed by atoms with Gasteiger partial charge in [0.2, 0.25) is 0 Å². The van der Waals surface area contributed by atoms with Crippen LogP contribution in [0, 0.1) is 6.92 Å². The number of morpholine rings is 1. The number of likely N-dealkylation sites (tertiary alicyclic amines) is 1. The zero-order chi connectivity index (χ0) is 23.4. The highest BCUT2D eigenvalue weighted by Gasteiger charge is 2.44. The van der Waals surface area contributed by atoms with E-state index in [4.69, 9.17) is 9.47 Å². The van der Waals surface area contributed by atoms with Gasteiger partial charge in [-0.3, -0.25) is 9.69 Å². The minimum absolute atomic E-state index is 0.0232. The largest absolute Gasteiger partial charge is 0.491 e. The molecule has 1 spiro atoms. The molecule has 178 valence electrons. The Bertz CT molecular complexity index is 938. The second kappa shape index (κ2) is 10.2. The van der Waals surface area contributed by atoms with Crippen molar-refractivity contribution in [3.05, 3.63) is 65.2 Å². The fourth-order valence-electron chi connectivity index (χ4n) is 4.98. The van der Waals surface area contributed by atoms with E-state index in [0.29, 0.717) is 25.2 Å². The molecule has 0 radical (unpaired) electrons. The Kier molecular flexibility index (Phi) is 7.37. The number of hydrogen-bond donors (Lipinski definition) is 1. The van der Waals surface area contributed by atoms with Crippen molar-refractivity contribution in [2.24, 2.45) is 0 Å².